The smallest absolute Gasteiger partial charge is 0.316 e. The molecule has 1 aliphatic carbocycles. The van der Waals surface area contributed by atoms with Crippen LogP contribution in [0.4, 0.5) is 13.2 Å². The first-order valence-corrected chi connectivity index (χ1v) is 6.15. The number of halogens is 3. The molecule has 0 spiro atoms. The van der Waals surface area contributed by atoms with Gasteiger partial charge in [-0.05, 0) is 50.1 Å². The maximum absolute atomic E-state index is 12.0. The molecule has 96 valence electrons. The Hall–Kier alpha value is -0.250. The number of hydrogen-bond acceptors (Lipinski definition) is 1. The van der Waals surface area contributed by atoms with Crippen LogP contribution in [0, 0.1) is 11.3 Å². The third-order valence-electron chi connectivity index (χ3n) is 3.56. The number of alkyl halides is 3. The lowest BCUT2D eigenvalue weighted by Gasteiger charge is -2.12. The third kappa shape index (κ3) is 4.73. The third-order valence-corrected chi connectivity index (χ3v) is 3.56. The second-order valence-corrected chi connectivity index (χ2v) is 5.23. The van der Waals surface area contributed by atoms with Crippen LogP contribution in [0.15, 0.2) is 0 Å². The van der Waals surface area contributed by atoms with Crippen LogP contribution in [0.25, 0.3) is 0 Å². The van der Waals surface area contributed by atoms with Gasteiger partial charge in [-0.2, -0.15) is 13.2 Å². The Morgan fingerprint density at radius 2 is 2.06 bits per heavy atom. The van der Waals surface area contributed by atoms with Crippen LogP contribution in [-0.4, -0.2) is 19.3 Å². The van der Waals surface area contributed by atoms with Crippen molar-refractivity contribution in [3.63, 3.8) is 0 Å². The zero-order valence-corrected chi connectivity index (χ0v) is 10.2. The SMILES string of the molecule is CCCNCC1CC1(C)CCCC(F)(F)F. The van der Waals surface area contributed by atoms with Crippen molar-refractivity contribution in [1.29, 1.82) is 0 Å². The van der Waals surface area contributed by atoms with E-state index in [1.54, 1.807) is 0 Å². The molecule has 0 heterocycles. The Morgan fingerprint density at radius 3 is 2.62 bits per heavy atom. The highest BCUT2D eigenvalue weighted by Crippen LogP contribution is 2.55. The summed E-state index contributed by atoms with van der Waals surface area (Å²) in [5, 5.41) is 3.34. The van der Waals surface area contributed by atoms with Crippen LogP contribution < -0.4 is 5.32 Å². The number of nitrogens with one attached hydrogen (secondary N) is 1. The van der Waals surface area contributed by atoms with Gasteiger partial charge in [-0.25, -0.2) is 0 Å². The Morgan fingerprint density at radius 1 is 1.38 bits per heavy atom. The Balaban J connectivity index is 2.10. The fourth-order valence-corrected chi connectivity index (χ4v) is 2.27. The van der Waals surface area contributed by atoms with Gasteiger partial charge in [0, 0.05) is 6.42 Å². The first kappa shape index (κ1) is 13.8. The molecule has 0 bridgehead atoms. The molecule has 1 saturated carbocycles. The molecule has 1 fully saturated rings. The predicted octanol–water partition coefficient (Wildman–Crippen LogP) is 3.74. The van der Waals surface area contributed by atoms with Crippen LogP contribution in [0.2, 0.25) is 0 Å². The second-order valence-electron chi connectivity index (χ2n) is 5.23. The molecule has 0 aromatic heterocycles. The minimum Gasteiger partial charge on any atom is -0.316 e. The average Bonchev–Trinajstić information content (AvgIpc) is 2.75. The fourth-order valence-electron chi connectivity index (χ4n) is 2.27. The van der Waals surface area contributed by atoms with Gasteiger partial charge in [0.05, 0.1) is 0 Å². The van der Waals surface area contributed by atoms with Gasteiger partial charge in [0.25, 0.3) is 0 Å². The molecule has 0 amide bonds. The summed E-state index contributed by atoms with van der Waals surface area (Å²) in [6.45, 7) is 6.20. The van der Waals surface area contributed by atoms with Gasteiger partial charge in [0.2, 0.25) is 0 Å². The fraction of sp³-hybridized carbons (Fsp3) is 1.00. The molecule has 0 aromatic rings. The lowest BCUT2D eigenvalue weighted by atomic mass is 9.98. The number of hydrogen-bond donors (Lipinski definition) is 1. The topological polar surface area (TPSA) is 12.0 Å². The van der Waals surface area contributed by atoms with Crippen LogP contribution >= 0.6 is 0 Å². The van der Waals surface area contributed by atoms with E-state index >= 15 is 0 Å². The standard InChI is InChI=1S/C12H22F3N/c1-3-7-16-9-10-8-11(10,2)5-4-6-12(13,14)15/h10,16H,3-9H2,1-2H3. The van der Waals surface area contributed by atoms with E-state index in [-0.39, 0.29) is 11.8 Å². The molecular weight excluding hydrogens is 215 g/mol. The van der Waals surface area contributed by atoms with Gasteiger partial charge in [-0.3, -0.25) is 0 Å². The zero-order chi connectivity index (χ0) is 12.2. The van der Waals surface area contributed by atoms with Gasteiger partial charge in [0.1, 0.15) is 0 Å². The first-order valence-electron chi connectivity index (χ1n) is 6.15. The van der Waals surface area contributed by atoms with Gasteiger partial charge in [-0.15, -0.1) is 0 Å². The van der Waals surface area contributed by atoms with Crippen LogP contribution in [0.3, 0.4) is 0 Å². The van der Waals surface area contributed by atoms with E-state index in [9.17, 15) is 13.2 Å². The van der Waals surface area contributed by atoms with Crippen molar-refractivity contribution in [2.24, 2.45) is 11.3 Å². The molecule has 1 rings (SSSR count). The van der Waals surface area contributed by atoms with Gasteiger partial charge in [-0.1, -0.05) is 13.8 Å². The first-order chi connectivity index (χ1) is 7.37. The summed E-state index contributed by atoms with van der Waals surface area (Å²) in [6, 6.07) is 0. The van der Waals surface area contributed by atoms with Crippen molar-refractivity contribution in [3.05, 3.63) is 0 Å². The molecule has 1 nitrogen and oxygen atoms in total. The lowest BCUT2D eigenvalue weighted by molar-refractivity contribution is -0.136. The number of rotatable bonds is 7. The normalized spacial score (nSPS) is 29.4. The Bertz CT molecular complexity index is 215. The molecule has 2 unspecified atom stereocenters. The summed E-state index contributed by atoms with van der Waals surface area (Å²) >= 11 is 0. The van der Waals surface area contributed by atoms with E-state index in [0.717, 1.165) is 25.9 Å². The van der Waals surface area contributed by atoms with E-state index in [4.69, 9.17) is 0 Å². The highest BCUT2D eigenvalue weighted by Gasteiger charge is 2.48. The quantitative estimate of drug-likeness (QED) is 0.665. The zero-order valence-electron chi connectivity index (χ0n) is 10.2. The highest BCUT2D eigenvalue weighted by molar-refractivity contribution is 4.99. The summed E-state index contributed by atoms with van der Waals surface area (Å²) in [4.78, 5) is 0. The Kier molecular flexibility index (Phi) is 4.65. The molecule has 1 aliphatic rings. The predicted molar refractivity (Wildman–Crippen MR) is 59.3 cm³/mol. The maximum Gasteiger partial charge on any atom is 0.389 e. The monoisotopic (exact) mass is 237 g/mol. The maximum atomic E-state index is 12.0. The highest BCUT2D eigenvalue weighted by atomic mass is 19.4. The molecule has 0 radical (unpaired) electrons. The van der Waals surface area contributed by atoms with Gasteiger partial charge >= 0.3 is 6.18 Å². The van der Waals surface area contributed by atoms with E-state index in [0.29, 0.717) is 12.3 Å². The van der Waals surface area contributed by atoms with Crippen LogP contribution in [-0.2, 0) is 0 Å². The van der Waals surface area contributed by atoms with Gasteiger partial charge in [0.15, 0.2) is 0 Å². The summed E-state index contributed by atoms with van der Waals surface area (Å²) in [5.74, 6) is 0.590. The van der Waals surface area contributed by atoms with E-state index in [1.165, 1.54) is 0 Å². The van der Waals surface area contributed by atoms with Crippen molar-refractivity contribution >= 4 is 0 Å². The van der Waals surface area contributed by atoms with Crippen molar-refractivity contribution < 1.29 is 13.2 Å². The van der Waals surface area contributed by atoms with Crippen molar-refractivity contribution in [1.82, 2.24) is 5.32 Å². The molecule has 4 heteroatoms. The van der Waals surface area contributed by atoms with E-state index in [2.05, 4.69) is 19.2 Å². The van der Waals surface area contributed by atoms with E-state index in [1.807, 2.05) is 0 Å². The molecule has 2 atom stereocenters. The molecule has 0 aliphatic heterocycles. The summed E-state index contributed by atoms with van der Waals surface area (Å²) in [5.41, 5.74) is 0.173. The molecule has 0 aromatic carbocycles. The summed E-state index contributed by atoms with van der Waals surface area (Å²) in [6.07, 6.45) is -1.42. The lowest BCUT2D eigenvalue weighted by Crippen LogP contribution is -2.20. The largest absolute Gasteiger partial charge is 0.389 e. The molecule has 1 N–H and O–H groups in total. The minimum absolute atomic E-state index is 0.173. The van der Waals surface area contributed by atoms with Crippen LogP contribution in [0.1, 0.15) is 46.0 Å². The molecule has 16 heavy (non-hydrogen) atoms. The van der Waals surface area contributed by atoms with Crippen molar-refractivity contribution in [2.75, 3.05) is 13.1 Å². The molecule has 0 saturated heterocycles. The average molecular weight is 237 g/mol. The Labute approximate surface area is 95.8 Å². The van der Waals surface area contributed by atoms with E-state index < -0.39 is 12.6 Å². The minimum atomic E-state index is -3.98. The van der Waals surface area contributed by atoms with Crippen LogP contribution in [0.5, 0.6) is 0 Å². The second kappa shape index (κ2) is 5.39. The van der Waals surface area contributed by atoms with Crippen molar-refractivity contribution in [3.8, 4) is 0 Å². The van der Waals surface area contributed by atoms with Gasteiger partial charge < -0.3 is 5.32 Å². The summed E-state index contributed by atoms with van der Waals surface area (Å²) < 4.78 is 36.0. The molecular formula is C12H22F3N. The van der Waals surface area contributed by atoms with Crippen molar-refractivity contribution in [2.45, 2.75) is 52.1 Å². The summed E-state index contributed by atoms with van der Waals surface area (Å²) in [7, 11) is 0.